The molecule has 1 spiro atoms. The topological polar surface area (TPSA) is 83.0 Å². The Balaban J connectivity index is 1.48. The molecule has 1 atom stereocenters. The molecule has 0 radical (unpaired) electrons. The average molecular weight is 591 g/mol. The summed E-state index contributed by atoms with van der Waals surface area (Å²) >= 11 is 2.18. The van der Waals surface area contributed by atoms with E-state index >= 15 is 0 Å². The molecule has 9 heteroatoms. The van der Waals surface area contributed by atoms with E-state index in [9.17, 15) is 10.1 Å². The molecule has 36 heavy (non-hydrogen) atoms. The highest BCUT2D eigenvalue weighted by Gasteiger charge is 2.48. The minimum absolute atomic E-state index is 0.0181. The van der Waals surface area contributed by atoms with Gasteiger partial charge in [-0.25, -0.2) is 4.98 Å². The van der Waals surface area contributed by atoms with Crippen LogP contribution in [0.5, 0.6) is 0 Å². The van der Waals surface area contributed by atoms with Crippen molar-refractivity contribution in [1.29, 1.82) is 5.26 Å². The molecule has 2 saturated heterocycles. The number of hydrogen-bond acceptors (Lipinski definition) is 5. The van der Waals surface area contributed by atoms with Gasteiger partial charge in [-0.05, 0) is 85.8 Å². The normalized spacial score (nSPS) is 19.7. The highest BCUT2D eigenvalue weighted by Crippen LogP contribution is 2.38. The molecule has 6 rings (SSSR count). The van der Waals surface area contributed by atoms with Crippen molar-refractivity contribution in [3.63, 3.8) is 0 Å². The Morgan fingerprint density at radius 1 is 1.14 bits per heavy atom. The van der Waals surface area contributed by atoms with Gasteiger partial charge in [0.25, 0.3) is 5.91 Å². The van der Waals surface area contributed by atoms with Gasteiger partial charge in [-0.15, -0.1) is 0 Å². The smallest absolute Gasteiger partial charge is 0.274 e. The van der Waals surface area contributed by atoms with Crippen LogP contribution in [0.4, 0.5) is 0 Å². The molecular formula is C27H26IN7O. The summed E-state index contributed by atoms with van der Waals surface area (Å²) in [5.74, 6) is 0.673. The second-order valence-electron chi connectivity index (χ2n) is 9.90. The van der Waals surface area contributed by atoms with E-state index in [4.69, 9.17) is 4.98 Å². The van der Waals surface area contributed by atoms with Gasteiger partial charge in [0.1, 0.15) is 17.6 Å². The lowest BCUT2D eigenvalue weighted by Gasteiger charge is -2.48. The van der Waals surface area contributed by atoms with Gasteiger partial charge in [0, 0.05) is 52.4 Å². The number of aryl methyl sites for hydroxylation is 1. The van der Waals surface area contributed by atoms with Gasteiger partial charge >= 0.3 is 0 Å². The molecule has 182 valence electrons. The predicted molar refractivity (Wildman–Crippen MR) is 146 cm³/mol. The van der Waals surface area contributed by atoms with Crippen molar-refractivity contribution in [2.24, 2.45) is 7.05 Å². The summed E-state index contributed by atoms with van der Waals surface area (Å²) in [6.45, 7) is 4.56. The van der Waals surface area contributed by atoms with Crippen LogP contribution in [0, 0.1) is 21.8 Å². The highest BCUT2D eigenvalue weighted by atomic mass is 127. The van der Waals surface area contributed by atoms with Gasteiger partial charge in [0.2, 0.25) is 0 Å². The molecule has 0 saturated carbocycles. The monoisotopic (exact) mass is 591 g/mol. The quantitative estimate of drug-likeness (QED) is 0.335. The van der Waals surface area contributed by atoms with Crippen LogP contribution in [0.1, 0.15) is 34.6 Å². The Labute approximate surface area is 223 Å². The molecule has 1 unspecified atom stereocenters. The lowest BCUT2D eigenvalue weighted by molar-refractivity contribution is 0.0190. The molecule has 8 nitrogen and oxygen atoms in total. The Morgan fingerprint density at radius 2 is 1.94 bits per heavy atom. The van der Waals surface area contributed by atoms with E-state index in [0.29, 0.717) is 17.1 Å². The number of hydrogen-bond donors (Lipinski definition) is 0. The van der Waals surface area contributed by atoms with Crippen LogP contribution in [0.25, 0.3) is 28.0 Å². The van der Waals surface area contributed by atoms with Gasteiger partial charge < -0.3 is 4.90 Å². The Morgan fingerprint density at radius 3 is 2.61 bits per heavy atom. The molecule has 2 fully saturated rings. The van der Waals surface area contributed by atoms with Crippen LogP contribution in [0.3, 0.4) is 0 Å². The number of imidazole rings is 1. The van der Waals surface area contributed by atoms with Crippen LogP contribution >= 0.6 is 22.6 Å². The summed E-state index contributed by atoms with van der Waals surface area (Å²) < 4.78 is 4.75. The number of carbonyl (C=O) groups is 1. The summed E-state index contributed by atoms with van der Waals surface area (Å²) in [7, 11) is 4.07. The second-order valence-corrected chi connectivity index (χ2v) is 11.1. The summed E-state index contributed by atoms with van der Waals surface area (Å²) in [5, 5.41) is 14.8. The Kier molecular flexibility index (Phi) is 5.42. The van der Waals surface area contributed by atoms with Crippen LogP contribution in [0.15, 0.2) is 42.6 Å². The third kappa shape index (κ3) is 3.46. The number of likely N-dealkylation sites (N-methyl/N-ethyl adjacent to an activating group) is 1. The second kappa shape index (κ2) is 8.42. The summed E-state index contributed by atoms with van der Waals surface area (Å²) in [6, 6.07) is 14.1. The maximum Gasteiger partial charge on any atom is 0.274 e. The van der Waals surface area contributed by atoms with Crippen LogP contribution in [-0.2, 0) is 7.05 Å². The molecule has 0 aliphatic carbocycles. The average Bonchev–Trinajstić information content (AvgIpc) is 3.59. The minimum atomic E-state index is -0.0181. The van der Waals surface area contributed by atoms with E-state index in [1.165, 1.54) is 0 Å². The first kappa shape index (κ1) is 23.2. The number of likely N-dealkylation sites (tertiary alicyclic amines) is 2. The number of amides is 1. The van der Waals surface area contributed by atoms with Crippen LogP contribution in [-0.4, -0.2) is 67.3 Å². The zero-order valence-electron chi connectivity index (χ0n) is 20.5. The third-order valence-corrected chi connectivity index (χ3v) is 8.88. The number of nitriles is 1. The lowest BCUT2D eigenvalue weighted by Crippen LogP contribution is -2.59. The van der Waals surface area contributed by atoms with E-state index in [-0.39, 0.29) is 11.4 Å². The third-order valence-electron chi connectivity index (χ3n) is 7.99. The zero-order valence-corrected chi connectivity index (χ0v) is 22.7. The number of nitrogens with zero attached hydrogens (tertiary/aromatic N) is 7. The predicted octanol–water partition coefficient (Wildman–Crippen LogP) is 4.13. The fourth-order valence-corrected chi connectivity index (χ4v) is 6.23. The van der Waals surface area contributed by atoms with Crippen LogP contribution in [0.2, 0.25) is 0 Å². The lowest BCUT2D eigenvalue weighted by atomic mass is 9.85. The fourth-order valence-electron chi connectivity index (χ4n) is 5.60. The first-order valence-electron chi connectivity index (χ1n) is 12.0. The van der Waals surface area contributed by atoms with Gasteiger partial charge in [0.05, 0.1) is 23.0 Å². The summed E-state index contributed by atoms with van der Waals surface area (Å²) in [5.41, 5.74) is 4.86. The first-order chi connectivity index (χ1) is 17.3. The number of rotatable bonds is 3. The van der Waals surface area contributed by atoms with Crippen molar-refractivity contribution in [3.05, 3.63) is 63.1 Å². The number of aromatic nitrogens is 4. The van der Waals surface area contributed by atoms with E-state index < -0.39 is 0 Å². The zero-order chi connectivity index (χ0) is 25.2. The van der Waals surface area contributed by atoms with Crippen molar-refractivity contribution >= 4 is 39.4 Å². The number of halogens is 1. The van der Waals surface area contributed by atoms with Gasteiger partial charge in [-0.1, -0.05) is 0 Å². The molecule has 0 N–H and O–H groups in total. The van der Waals surface area contributed by atoms with Gasteiger partial charge in [0.15, 0.2) is 0 Å². The molecule has 2 aromatic heterocycles. The molecular weight excluding hydrogens is 565 g/mol. The van der Waals surface area contributed by atoms with E-state index in [2.05, 4.69) is 56.3 Å². The molecule has 2 aliphatic rings. The van der Waals surface area contributed by atoms with Gasteiger partial charge in [-0.2, -0.15) is 10.4 Å². The van der Waals surface area contributed by atoms with Crippen molar-refractivity contribution in [1.82, 2.24) is 29.1 Å². The molecule has 0 bridgehead atoms. The maximum absolute atomic E-state index is 13.8. The fraction of sp³-hybridized carbons (Fsp3) is 0.333. The molecule has 4 heterocycles. The Bertz CT molecular complexity index is 1580. The molecule has 2 aromatic carbocycles. The molecule has 1 amide bonds. The summed E-state index contributed by atoms with van der Waals surface area (Å²) in [4.78, 5) is 23.1. The highest BCUT2D eigenvalue weighted by molar-refractivity contribution is 14.1. The standard InChI is InChI=1S/C27H26IN7O/c1-17-24(26(36)34-11-9-27(16-34)8-10-32(27)2)31-25(18-4-5-19(14-29)22(28)13-18)35(17)21-6-7-23-20(12-21)15-30-33(23)3/h4-7,12-13,15H,8-11,16H2,1-3H3. The number of benzene rings is 2. The molecule has 2 aliphatic heterocycles. The largest absolute Gasteiger partial charge is 0.335 e. The molecule has 4 aromatic rings. The van der Waals surface area contributed by atoms with Crippen molar-refractivity contribution < 1.29 is 4.79 Å². The minimum Gasteiger partial charge on any atom is -0.335 e. The van der Waals surface area contributed by atoms with E-state index in [1.807, 2.05) is 60.1 Å². The van der Waals surface area contributed by atoms with E-state index in [1.54, 1.807) is 0 Å². The van der Waals surface area contributed by atoms with Crippen molar-refractivity contribution in [2.75, 3.05) is 26.7 Å². The van der Waals surface area contributed by atoms with Crippen molar-refractivity contribution in [2.45, 2.75) is 25.3 Å². The Hall–Kier alpha value is -3.23. The van der Waals surface area contributed by atoms with E-state index in [0.717, 1.165) is 63.9 Å². The van der Waals surface area contributed by atoms with Crippen molar-refractivity contribution in [3.8, 4) is 23.1 Å². The SMILES string of the molecule is Cc1c(C(=O)N2CCC3(CCN3C)C2)nc(-c2ccc(C#N)c(I)c2)n1-c1ccc2c(cnn2C)c1. The number of carbonyl (C=O) groups excluding carboxylic acids is 1. The van der Waals surface area contributed by atoms with Crippen LogP contribution < -0.4 is 0 Å². The maximum atomic E-state index is 13.8. The number of fused-ring (bicyclic) bond motifs is 1. The summed E-state index contributed by atoms with van der Waals surface area (Å²) in [6.07, 6.45) is 3.99. The van der Waals surface area contributed by atoms with Gasteiger partial charge in [-0.3, -0.25) is 18.9 Å². The first-order valence-corrected chi connectivity index (χ1v) is 13.1.